The molecule has 23 heavy (non-hydrogen) atoms. The molecule has 3 rings (SSSR count). The zero-order valence-corrected chi connectivity index (χ0v) is 15.2. The van der Waals surface area contributed by atoms with Crippen LogP contribution in [-0.4, -0.2) is 12.1 Å². The number of nitrogens with zero attached hydrogens (tertiary/aromatic N) is 1. The number of hydrogen-bond acceptors (Lipinski definition) is 4. The van der Waals surface area contributed by atoms with Crippen LogP contribution in [0.5, 0.6) is 5.75 Å². The van der Waals surface area contributed by atoms with Crippen LogP contribution < -0.4 is 10.4 Å². The van der Waals surface area contributed by atoms with E-state index in [4.69, 9.17) is 9.15 Å². The molecule has 0 amide bonds. The fourth-order valence-corrected chi connectivity index (χ4v) is 2.87. The maximum atomic E-state index is 12.0. The van der Waals surface area contributed by atoms with Gasteiger partial charge in [0.1, 0.15) is 5.75 Å². The Bertz CT molecular complexity index is 964. The molecule has 0 bridgehead atoms. The van der Waals surface area contributed by atoms with E-state index in [1.807, 2.05) is 24.3 Å². The molecule has 6 heteroatoms. The first-order valence-corrected chi connectivity index (χ1v) is 8.27. The zero-order chi connectivity index (χ0) is 16.4. The number of hydrogen-bond donors (Lipinski definition) is 0. The molecule has 0 aliphatic heterocycles. The second-order valence-electron chi connectivity index (χ2n) is 4.72. The van der Waals surface area contributed by atoms with Crippen molar-refractivity contribution in [2.45, 2.75) is 0 Å². The molecular weight excluding hydrogens is 426 g/mol. The van der Waals surface area contributed by atoms with E-state index in [0.717, 1.165) is 20.3 Å². The summed E-state index contributed by atoms with van der Waals surface area (Å²) >= 11 is 6.75. The van der Waals surface area contributed by atoms with Crippen molar-refractivity contribution in [3.63, 3.8) is 0 Å². The highest BCUT2D eigenvalue weighted by Gasteiger charge is 2.06. The van der Waals surface area contributed by atoms with Gasteiger partial charge in [-0.05, 0) is 42.5 Å². The largest absolute Gasteiger partial charge is 0.496 e. The monoisotopic (exact) mass is 435 g/mol. The molecule has 0 N–H and O–H groups in total. The SMILES string of the molecule is COc1ccc(Br)cc1/C=C/c1nc2ccc(Br)cc2c(=O)o1. The molecule has 116 valence electrons. The van der Waals surface area contributed by atoms with Crippen molar-refractivity contribution >= 4 is 54.9 Å². The maximum Gasteiger partial charge on any atom is 0.347 e. The predicted octanol–water partition coefficient (Wildman–Crippen LogP) is 4.89. The number of rotatable bonds is 3. The Morgan fingerprint density at radius 2 is 1.83 bits per heavy atom. The minimum atomic E-state index is -0.419. The van der Waals surface area contributed by atoms with Crippen LogP contribution in [0, 0.1) is 0 Å². The minimum Gasteiger partial charge on any atom is -0.496 e. The van der Waals surface area contributed by atoms with Crippen LogP contribution in [0.1, 0.15) is 11.5 Å². The number of halogens is 2. The van der Waals surface area contributed by atoms with E-state index in [-0.39, 0.29) is 5.89 Å². The Hall–Kier alpha value is -1.92. The smallest absolute Gasteiger partial charge is 0.347 e. The molecule has 0 atom stereocenters. The van der Waals surface area contributed by atoms with E-state index < -0.39 is 5.63 Å². The summed E-state index contributed by atoms with van der Waals surface area (Å²) in [6.07, 6.45) is 3.44. The summed E-state index contributed by atoms with van der Waals surface area (Å²) in [7, 11) is 1.60. The van der Waals surface area contributed by atoms with Crippen molar-refractivity contribution in [3.05, 3.63) is 67.2 Å². The third-order valence-corrected chi connectivity index (χ3v) is 4.19. The Morgan fingerprint density at radius 3 is 2.61 bits per heavy atom. The van der Waals surface area contributed by atoms with Crippen LogP contribution in [0.4, 0.5) is 0 Å². The zero-order valence-electron chi connectivity index (χ0n) is 12.0. The Kier molecular flexibility index (Phi) is 4.63. The van der Waals surface area contributed by atoms with Crippen LogP contribution in [0.2, 0.25) is 0 Å². The number of fused-ring (bicyclic) bond motifs is 1. The van der Waals surface area contributed by atoms with E-state index in [2.05, 4.69) is 36.8 Å². The highest BCUT2D eigenvalue weighted by Crippen LogP contribution is 2.25. The van der Waals surface area contributed by atoms with Gasteiger partial charge in [0.05, 0.1) is 18.0 Å². The lowest BCUT2D eigenvalue weighted by Crippen LogP contribution is -2.02. The Labute approximate surface area is 149 Å². The fourth-order valence-electron chi connectivity index (χ4n) is 2.13. The van der Waals surface area contributed by atoms with Crippen LogP contribution in [0.15, 0.2) is 54.6 Å². The van der Waals surface area contributed by atoms with Gasteiger partial charge in [-0.2, -0.15) is 0 Å². The average Bonchev–Trinajstić information content (AvgIpc) is 2.54. The quantitative estimate of drug-likeness (QED) is 0.586. The number of benzene rings is 2. The van der Waals surface area contributed by atoms with Gasteiger partial charge >= 0.3 is 5.63 Å². The molecule has 0 spiro atoms. The summed E-state index contributed by atoms with van der Waals surface area (Å²) in [5, 5.41) is 0.441. The topological polar surface area (TPSA) is 52.3 Å². The predicted molar refractivity (Wildman–Crippen MR) is 97.6 cm³/mol. The van der Waals surface area contributed by atoms with Gasteiger partial charge in [0.15, 0.2) is 0 Å². The molecule has 1 heterocycles. The van der Waals surface area contributed by atoms with E-state index in [1.165, 1.54) is 0 Å². The minimum absolute atomic E-state index is 0.242. The molecule has 0 fully saturated rings. The number of aromatic nitrogens is 1. The summed E-state index contributed by atoms with van der Waals surface area (Å²) < 4.78 is 12.3. The summed E-state index contributed by atoms with van der Waals surface area (Å²) in [5.74, 6) is 0.961. The van der Waals surface area contributed by atoms with E-state index >= 15 is 0 Å². The lowest BCUT2D eigenvalue weighted by atomic mass is 10.2. The van der Waals surface area contributed by atoms with Gasteiger partial charge in [-0.15, -0.1) is 0 Å². The maximum absolute atomic E-state index is 12.0. The normalized spacial score (nSPS) is 11.3. The van der Waals surface area contributed by atoms with Gasteiger partial charge in [-0.3, -0.25) is 0 Å². The second-order valence-corrected chi connectivity index (χ2v) is 6.55. The first-order chi connectivity index (χ1) is 11.1. The second kappa shape index (κ2) is 6.68. The van der Waals surface area contributed by atoms with Crippen molar-refractivity contribution in [3.8, 4) is 5.75 Å². The number of methoxy groups -OCH3 is 1. The van der Waals surface area contributed by atoms with Crippen molar-refractivity contribution in [1.82, 2.24) is 4.98 Å². The molecule has 0 aliphatic carbocycles. The molecule has 0 saturated heterocycles. The standard InChI is InChI=1S/C17H11Br2NO3/c1-22-15-6-4-11(18)8-10(15)2-7-16-20-14-5-3-12(19)9-13(14)17(21)23-16/h2-9H,1H3/b7-2+. The van der Waals surface area contributed by atoms with Crippen molar-refractivity contribution < 1.29 is 9.15 Å². The van der Waals surface area contributed by atoms with Crippen molar-refractivity contribution in [1.29, 1.82) is 0 Å². The first-order valence-electron chi connectivity index (χ1n) is 6.69. The molecule has 0 unspecified atom stereocenters. The van der Waals surface area contributed by atoms with Crippen LogP contribution in [0.3, 0.4) is 0 Å². The highest BCUT2D eigenvalue weighted by atomic mass is 79.9. The van der Waals surface area contributed by atoms with Gasteiger partial charge in [-0.1, -0.05) is 31.9 Å². The van der Waals surface area contributed by atoms with E-state index in [0.29, 0.717) is 10.9 Å². The highest BCUT2D eigenvalue weighted by molar-refractivity contribution is 9.10. The molecule has 3 aromatic rings. The van der Waals surface area contributed by atoms with Crippen LogP contribution >= 0.6 is 31.9 Å². The van der Waals surface area contributed by atoms with Crippen LogP contribution in [0.25, 0.3) is 23.1 Å². The third kappa shape index (κ3) is 3.54. The fraction of sp³-hybridized carbons (Fsp3) is 0.0588. The Morgan fingerprint density at radius 1 is 1.09 bits per heavy atom. The number of ether oxygens (including phenoxy) is 1. The van der Waals surface area contributed by atoms with Crippen molar-refractivity contribution in [2.24, 2.45) is 0 Å². The average molecular weight is 437 g/mol. The van der Waals surface area contributed by atoms with Crippen LogP contribution in [-0.2, 0) is 0 Å². The molecule has 0 radical (unpaired) electrons. The molecule has 0 aliphatic rings. The first kappa shape index (κ1) is 16.0. The van der Waals surface area contributed by atoms with E-state index in [1.54, 1.807) is 31.4 Å². The van der Waals surface area contributed by atoms with Gasteiger partial charge < -0.3 is 9.15 Å². The molecule has 0 saturated carbocycles. The molecule has 4 nitrogen and oxygen atoms in total. The van der Waals surface area contributed by atoms with E-state index in [9.17, 15) is 4.79 Å². The third-order valence-electron chi connectivity index (χ3n) is 3.20. The van der Waals surface area contributed by atoms with Gasteiger partial charge in [-0.25, -0.2) is 9.78 Å². The molecular formula is C17H11Br2NO3. The summed E-state index contributed by atoms with van der Waals surface area (Å²) in [5.41, 5.74) is 1.02. The molecule has 2 aromatic carbocycles. The summed E-state index contributed by atoms with van der Waals surface area (Å²) in [4.78, 5) is 16.4. The van der Waals surface area contributed by atoms with Gasteiger partial charge in [0.2, 0.25) is 5.89 Å². The van der Waals surface area contributed by atoms with Gasteiger partial charge in [0.25, 0.3) is 0 Å². The molecule has 1 aromatic heterocycles. The lowest BCUT2D eigenvalue weighted by molar-refractivity contribution is 0.414. The Balaban J connectivity index is 2.03. The van der Waals surface area contributed by atoms with Crippen molar-refractivity contribution in [2.75, 3.05) is 7.11 Å². The van der Waals surface area contributed by atoms with Gasteiger partial charge in [0, 0.05) is 20.6 Å². The summed E-state index contributed by atoms with van der Waals surface area (Å²) in [6.45, 7) is 0. The summed E-state index contributed by atoms with van der Waals surface area (Å²) in [6, 6.07) is 10.9. The lowest BCUT2D eigenvalue weighted by Gasteiger charge is -2.04.